The minimum atomic E-state index is -0.291. The summed E-state index contributed by atoms with van der Waals surface area (Å²) in [5.74, 6) is -0.0694. The van der Waals surface area contributed by atoms with Crippen LogP contribution in [0.3, 0.4) is 0 Å². The second-order valence-electron chi connectivity index (χ2n) is 8.08. The van der Waals surface area contributed by atoms with Crippen molar-refractivity contribution in [3.05, 3.63) is 54.0 Å². The monoisotopic (exact) mass is 434 g/mol. The minimum Gasteiger partial charge on any atom is -0.363 e. The summed E-state index contributed by atoms with van der Waals surface area (Å²) in [5, 5.41) is 2.72. The fourth-order valence-electron chi connectivity index (χ4n) is 4.07. The number of carbonyl (C=O) groups is 3. The van der Waals surface area contributed by atoms with E-state index in [1.54, 1.807) is 42.7 Å². The van der Waals surface area contributed by atoms with E-state index in [0.717, 1.165) is 0 Å². The summed E-state index contributed by atoms with van der Waals surface area (Å²) >= 11 is 0. The zero-order valence-corrected chi connectivity index (χ0v) is 18.4. The third-order valence-electron chi connectivity index (χ3n) is 5.53. The van der Waals surface area contributed by atoms with Crippen molar-refractivity contribution in [3.63, 3.8) is 0 Å². The van der Waals surface area contributed by atoms with E-state index < -0.39 is 0 Å². The van der Waals surface area contributed by atoms with Gasteiger partial charge in [-0.05, 0) is 37.6 Å². The highest BCUT2D eigenvalue weighted by atomic mass is 16.2. The molecule has 2 aromatic rings. The average Bonchev–Trinajstić information content (AvgIpc) is 3.05. The first-order valence-corrected chi connectivity index (χ1v) is 10.6. The predicted molar refractivity (Wildman–Crippen MR) is 120 cm³/mol. The van der Waals surface area contributed by atoms with E-state index in [-0.39, 0.29) is 23.8 Å². The Morgan fingerprint density at radius 3 is 2.09 bits per heavy atom. The molecule has 1 aromatic heterocycles. The van der Waals surface area contributed by atoms with Crippen molar-refractivity contribution in [2.24, 2.45) is 0 Å². The molecule has 2 aliphatic rings. The Hall–Kier alpha value is -3.75. The molecule has 0 spiro atoms. The number of nitrogens with one attached hydrogen (secondary N) is 1. The molecule has 1 aromatic carbocycles. The van der Waals surface area contributed by atoms with Gasteiger partial charge in [0.15, 0.2) is 0 Å². The van der Waals surface area contributed by atoms with Crippen LogP contribution >= 0.6 is 0 Å². The van der Waals surface area contributed by atoms with Crippen molar-refractivity contribution in [1.82, 2.24) is 19.8 Å². The summed E-state index contributed by atoms with van der Waals surface area (Å²) in [6.45, 7) is 7.55. The first-order chi connectivity index (χ1) is 15.4. The fourth-order valence-corrected chi connectivity index (χ4v) is 4.07. The Morgan fingerprint density at radius 1 is 0.938 bits per heavy atom. The van der Waals surface area contributed by atoms with Gasteiger partial charge in [-0.2, -0.15) is 0 Å². The van der Waals surface area contributed by atoms with Gasteiger partial charge in [0.25, 0.3) is 11.8 Å². The lowest BCUT2D eigenvalue weighted by atomic mass is 10.0. The van der Waals surface area contributed by atoms with E-state index in [9.17, 15) is 14.4 Å². The zero-order chi connectivity index (χ0) is 22.8. The van der Waals surface area contributed by atoms with E-state index >= 15 is 0 Å². The topological polar surface area (TPSA) is 98.7 Å². The molecule has 32 heavy (non-hydrogen) atoms. The number of carbonyl (C=O) groups excluding carboxylic acids is 3. The van der Waals surface area contributed by atoms with Crippen molar-refractivity contribution in [3.8, 4) is 0 Å². The summed E-state index contributed by atoms with van der Waals surface area (Å²) in [4.78, 5) is 51.9. The molecule has 0 saturated carbocycles. The molecule has 0 atom stereocenters. The molecule has 166 valence electrons. The molecule has 4 rings (SSSR count). The van der Waals surface area contributed by atoms with Gasteiger partial charge in [0.05, 0.1) is 5.57 Å². The van der Waals surface area contributed by atoms with E-state index in [0.29, 0.717) is 54.6 Å². The maximum atomic E-state index is 13.3. The van der Waals surface area contributed by atoms with Crippen LogP contribution in [0.1, 0.15) is 26.3 Å². The van der Waals surface area contributed by atoms with Crippen LogP contribution in [0.4, 0.5) is 11.6 Å². The minimum absolute atomic E-state index is 0.170. The van der Waals surface area contributed by atoms with Crippen LogP contribution < -0.4 is 10.2 Å². The van der Waals surface area contributed by atoms with Gasteiger partial charge in [0, 0.05) is 57.2 Å². The van der Waals surface area contributed by atoms with Crippen molar-refractivity contribution in [2.45, 2.75) is 26.8 Å². The van der Waals surface area contributed by atoms with E-state index in [2.05, 4.69) is 20.2 Å². The van der Waals surface area contributed by atoms with Crippen LogP contribution in [-0.4, -0.2) is 69.7 Å². The van der Waals surface area contributed by atoms with Crippen molar-refractivity contribution < 1.29 is 14.4 Å². The molecule has 3 heterocycles. The number of imide groups is 1. The van der Waals surface area contributed by atoms with Crippen molar-refractivity contribution in [2.75, 3.05) is 36.4 Å². The Morgan fingerprint density at radius 2 is 1.53 bits per heavy atom. The zero-order valence-electron chi connectivity index (χ0n) is 18.4. The number of nitrogens with zero attached hydrogens (tertiary/aromatic N) is 5. The summed E-state index contributed by atoms with van der Waals surface area (Å²) in [5.41, 5.74) is 2.13. The molecule has 0 unspecified atom stereocenters. The quantitative estimate of drug-likeness (QED) is 0.716. The van der Waals surface area contributed by atoms with E-state index in [1.165, 1.54) is 11.8 Å². The third kappa shape index (κ3) is 4.05. The van der Waals surface area contributed by atoms with Crippen LogP contribution in [0, 0.1) is 0 Å². The summed E-state index contributed by atoms with van der Waals surface area (Å²) in [6.07, 6.45) is 3.42. The summed E-state index contributed by atoms with van der Waals surface area (Å²) in [7, 11) is 0. The maximum absolute atomic E-state index is 13.3. The lowest BCUT2D eigenvalue weighted by Crippen LogP contribution is -2.48. The Labute approximate surface area is 186 Å². The number of rotatable bonds is 5. The maximum Gasteiger partial charge on any atom is 0.278 e. The Kier molecular flexibility index (Phi) is 5.89. The van der Waals surface area contributed by atoms with E-state index in [1.807, 2.05) is 18.7 Å². The number of hydrogen-bond donors (Lipinski definition) is 1. The highest BCUT2D eigenvalue weighted by Crippen LogP contribution is 2.34. The summed E-state index contributed by atoms with van der Waals surface area (Å²) < 4.78 is 0. The lowest BCUT2D eigenvalue weighted by molar-refractivity contribution is -0.139. The molecule has 1 N–H and O–H groups in total. The number of benzene rings is 1. The molecule has 2 aliphatic heterocycles. The molecule has 0 aliphatic carbocycles. The smallest absolute Gasteiger partial charge is 0.278 e. The molecule has 9 heteroatoms. The number of anilines is 2. The second kappa shape index (κ2) is 8.78. The molecular formula is C23H26N6O3. The summed E-state index contributed by atoms with van der Waals surface area (Å²) in [6, 6.07) is 8.54. The number of amides is 3. The van der Waals surface area contributed by atoms with Gasteiger partial charge < -0.3 is 15.1 Å². The van der Waals surface area contributed by atoms with Crippen molar-refractivity contribution >= 4 is 34.9 Å². The molecule has 9 nitrogen and oxygen atoms in total. The van der Waals surface area contributed by atoms with Crippen LogP contribution in [0.25, 0.3) is 5.57 Å². The first-order valence-electron chi connectivity index (χ1n) is 10.6. The van der Waals surface area contributed by atoms with Gasteiger partial charge in [-0.1, -0.05) is 12.1 Å². The number of piperazine rings is 1. The number of aromatic nitrogens is 2. The van der Waals surface area contributed by atoms with E-state index in [4.69, 9.17) is 0 Å². The van der Waals surface area contributed by atoms with Gasteiger partial charge in [0.1, 0.15) is 5.70 Å². The van der Waals surface area contributed by atoms with Crippen LogP contribution in [0.2, 0.25) is 0 Å². The van der Waals surface area contributed by atoms with Crippen molar-refractivity contribution in [1.29, 1.82) is 0 Å². The highest BCUT2D eigenvalue weighted by molar-refractivity contribution is 6.35. The second-order valence-corrected chi connectivity index (χ2v) is 8.08. The predicted octanol–water partition coefficient (Wildman–Crippen LogP) is 1.75. The molecule has 0 bridgehead atoms. The van der Waals surface area contributed by atoms with Gasteiger partial charge in [-0.3, -0.25) is 19.3 Å². The molecule has 1 saturated heterocycles. The molecule has 1 fully saturated rings. The number of hydrogen-bond acceptors (Lipinski definition) is 7. The standard InChI is InChI=1S/C23H26N6O3/c1-15(2)29-21(31)19(17-5-7-18(8-6-17)26-16(3)30)20(22(29)32)27-11-13-28(14-12-27)23-24-9-4-10-25-23/h4-10,15H,11-14H2,1-3H3,(H,26,30). The van der Waals surface area contributed by atoms with Gasteiger partial charge in [-0.25, -0.2) is 9.97 Å². The van der Waals surface area contributed by atoms with Crippen LogP contribution in [0.5, 0.6) is 0 Å². The normalized spacial score (nSPS) is 16.9. The van der Waals surface area contributed by atoms with Gasteiger partial charge >= 0.3 is 0 Å². The molecule has 0 radical (unpaired) electrons. The third-order valence-corrected chi connectivity index (χ3v) is 5.53. The Bertz CT molecular complexity index is 1060. The highest BCUT2D eigenvalue weighted by Gasteiger charge is 2.43. The van der Waals surface area contributed by atoms with Gasteiger partial charge in [-0.15, -0.1) is 0 Å². The van der Waals surface area contributed by atoms with Crippen LogP contribution in [0.15, 0.2) is 48.4 Å². The Balaban J connectivity index is 1.64. The fraction of sp³-hybridized carbons (Fsp3) is 0.348. The largest absolute Gasteiger partial charge is 0.363 e. The average molecular weight is 435 g/mol. The SMILES string of the molecule is CC(=O)Nc1ccc(C2=C(N3CCN(c4ncccn4)CC3)C(=O)N(C(C)C)C2=O)cc1. The van der Waals surface area contributed by atoms with Crippen LogP contribution in [-0.2, 0) is 14.4 Å². The lowest BCUT2D eigenvalue weighted by Gasteiger charge is -2.36. The first kappa shape index (κ1) is 21.5. The molecule has 3 amide bonds. The van der Waals surface area contributed by atoms with Gasteiger partial charge in [0.2, 0.25) is 11.9 Å². The molecular weight excluding hydrogens is 408 g/mol.